The van der Waals surface area contributed by atoms with Gasteiger partial charge in [-0.05, 0) is 42.1 Å². The lowest BCUT2D eigenvalue weighted by Gasteiger charge is -2.06. The number of carbonyl (C=O) groups excluding carboxylic acids is 1. The van der Waals surface area contributed by atoms with Crippen LogP contribution in [0.4, 0.5) is 10.1 Å². The summed E-state index contributed by atoms with van der Waals surface area (Å²) in [6.45, 7) is 1.80. The number of thiophene rings is 1. The number of carbonyl (C=O) groups is 2. The lowest BCUT2D eigenvalue weighted by molar-refractivity contribution is 0.0691. The highest BCUT2D eigenvalue weighted by molar-refractivity contribution is 7.12. The summed E-state index contributed by atoms with van der Waals surface area (Å²) in [4.78, 5) is 23.3. The Labute approximate surface area is 112 Å². The number of rotatable bonds is 3. The molecule has 0 spiro atoms. The minimum absolute atomic E-state index is 0.247. The van der Waals surface area contributed by atoms with Gasteiger partial charge in [-0.15, -0.1) is 11.3 Å². The quantitative estimate of drug-likeness (QED) is 0.907. The molecule has 4 nitrogen and oxygen atoms in total. The van der Waals surface area contributed by atoms with E-state index in [1.165, 1.54) is 17.4 Å². The molecular weight excluding hydrogens is 269 g/mol. The molecule has 1 heterocycles. The molecular formula is C13H10FNO3S. The monoisotopic (exact) mass is 279 g/mol. The van der Waals surface area contributed by atoms with Gasteiger partial charge >= 0.3 is 5.97 Å². The number of amides is 1. The highest BCUT2D eigenvalue weighted by Crippen LogP contribution is 2.19. The molecule has 0 aliphatic carbocycles. The van der Waals surface area contributed by atoms with Gasteiger partial charge in [0, 0.05) is 5.69 Å². The number of aryl methyl sites for hydroxylation is 1. The van der Waals surface area contributed by atoms with Crippen molar-refractivity contribution in [1.82, 2.24) is 0 Å². The van der Waals surface area contributed by atoms with Gasteiger partial charge in [0.1, 0.15) is 5.82 Å². The van der Waals surface area contributed by atoms with Gasteiger partial charge in [0.2, 0.25) is 0 Å². The standard InChI is InChI=1S/C13H10FNO3S/c1-7-4-5-19-11(7)12(16)15-8-2-3-10(14)9(6-8)13(17)18/h2-6H,1H3,(H,15,16)(H,17,18). The van der Waals surface area contributed by atoms with E-state index in [0.29, 0.717) is 4.88 Å². The molecule has 0 fully saturated rings. The fourth-order valence-electron chi connectivity index (χ4n) is 1.56. The Morgan fingerprint density at radius 1 is 1.32 bits per heavy atom. The Bertz CT molecular complexity index is 651. The first-order valence-electron chi connectivity index (χ1n) is 5.37. The number of aromatic carboxylic acids is 1. The van der Waals surface area contributed by atoms with Crippen LogP contribution in [0.1, 0.15) is 25.6 Å². The van der Waals surface area contributed by atoms with Crippen LogP contribution in [0, 0.1) is 12.7 Å². The second-order valence-corrected chi connectivity index (χ2v) is 4.80. The zero-order chi connectivity index (χ0) is 14.0. The van der Waals surface area contributed by atoms with Crippen molar-refractivity contribution in [3.8, 4) is 0 Å². The Balaban J connectivity index is 2.25. The number of hydrogen-bond donors (Lipinski definition) is 2. The van der Waals surface area contributed by atoms with Gasteiger partial charge in [-0.2, -0.15) is 0 Å². The molecule has 0 unspecified atom stereocenters. The fraction of sp³-hybridized carbons (Fsp3) is 0.0769. The van der Waals surface area contributed by atoms with Crippen molar-refractivity contribution in [3.05, 3.63) is 51.5 Å². The minimum Gasteiger partial charge on any atom is -0.478 e. The Morgan fingerprint density at radius 3 is 2.63 bits per heavy atom. The molecule has 0 saturated carbocycles. The summed E-state index contributed by atoms with van der Waals surface area (Å²) < 4.78 is 13.2. The third-order valence-electron chi connectivity index (χ3n) is 2.52. The molecule has 1 aromatic heterocycles. The molecule has 6 heteroatoms. The first-order valence-corrected chi connectivity index (χ1v) is 6.25. The van der Waals surface area contributed by atoms with E-state index in [4.69, 9.17) is 5.11 Å². The molecule has 0 radical (unpaired) electrons. The maximum absolute atomic E-state index is 13.2. The van der Waals surface area contributed by atoms with Crippen LogP contribution in [0.5, 0.6) is 0 Å². The third kappa shape index (κ3) is 2.79. The molecule has 1 amide bonds. The van der Waals surface area contributed by atoms with Crippen molar-refractivity contribution in [2.45, 2.75) is 6.92 Å². The van der Waals surface area contributed by atoms with Crippen LogP contribution < -0.4 is 5.32 Å². The zero-order valence-corrected chi connectivity index (χ0v) is 10.8. The number of carboxylic acid groups (broad SMARTS) is 1. The zero-order valence-electron chi connectivity index (χ0n) is 9.94. The summed E-state index contributed by atoms with van der Waals surface area (Å²) in [6.07, 6.45) is 0. The van der Waals surface area contributed by atoms with Crippen LogP contribution in [0.2, 0.25) is 0 Å². The molecule has 98 valence electrons. The van der Waals surface area contributed by atoms with Crippen molar-refractivity contribution in [1.29, 1.82) is 0 Å². The van der Waals surface area contributed by atoms with Gasteiger partial charge in [-0.25, -0.2) is 9.18 Å². The van der Waals surface area contributed by atoms with Crippen LogP contribution in [0.25, 0.3) is 0 Å². The van der Waals surface area contributed by atoms with Crippen molar-refractivity contribution >= 4 is 28.9 Å². The lowest BCUT2D eigenvalue weighted by atomic mass is 10.2. The highest BCUT2D eigenvalue weighted by atomic mass is 32.1. The number of halogens is 1. The number of benzene rings is 1. The second kappa shape index (κ2) is 5.19. The second-order valence-electron chi connectivity index (χ2n) is 3.89. The van der Waals surface area contributed by atoms with Crippen LogP contribution in [-0.2, 0) is 0 Å². The van der Waals surface area contributed by atoms with Crippen molar-refractivity contribution < 1.29 is 19.1 Å². The van der Waals surface area contributed by atoms with E-state index in [1.54, 1.807) is 12.3 Å². The maximum atomic E-state index is 13.2. The lowest BCUT2D eigenvalue weighted by Crippen LogP contribution is -2.12. The van der Waals surface area contributed by atoms with E-state index in [1.807, 2.05) is 6.07 Å². The first-order chi connectivity index (χ1) is 8.99. The normalized spacial score (nSPS) is 10.2. The van der Waals surface area contributed by atoms with E-state index >= 15 is 0 Å². The smallest absolute Gasteiger partial charge is 0.338 e. The van der Waals surface area contributed by atoms with Crippen LogP contribution in [-0.4, -0.2) is 17.0 Å². The Morgan fingerprint density at radius 2 is 2.05 bits per heavy atom. The SMILES string of the molecule is Cc1ccsc1C(=O)Nc1ccc(F)c(C(=O)O)c1. The number of anilines is 1. The molecule has 2 N–H and O–H groups in total. The van der Waals surface area contributed by atoms with E-state index < -0.39 is 17.3 Å². The van der Waals surface area contributed by atoms with E-state index in [9.17, 15) is 14.0 Å². The largest absolute Gasteiger partial charge is 0.478 e. The summed E-state index contributed by atoms with van der Waals surface area (Å²) in [6, 6.07) is 5.24. The van der Waals surface area contributed by atoms with Crippen molar-refractivity contribution in [3.63, 3.8) is 0 Å². The average molecular weight is 279 g/mol. The summed E-state index contributed by atoms with van der Waals surface area (Å²) in [5.41, 5.74) is 0.611. The van der Waals surface area contributed by atoms with Crippen LogP contribution in [0.3, 0.4) is 0 Å². The Hall–Kier alpha value is -2.21. The molecule has 0 atom stereocenters. The molecule has 2 aromatic rings. The van der Waals surface area contributed by atoms with E-state index in [-0.39, 0.29) is 11.6 Å². The highest BCUT2D eigenvalue weighted by Gasteiger charge is 2.14. The van der Waals surface area contributed by atoms with Gasteiger partial charge in [0.15, 0.2) is 0 Å². The predicted molar refractivity (Wildman–Crippen MR) is 70.4 cm³/mol. The fourth-order valence-corrected chi connectivity index (χ4v) is 2.38. The molecule has 0 aliphatic rings. The molecule has 2 rings (SSSR count). The minimum atomic E-state index is -1.37. The summed E-state index contributed by atoms with van der Waals surface area (Å²) in [7, 11) is 0. The number of hydrogen-bond acceptors (Lipinski definition) is 3. The third-order valence-corrected chi connectivity index (χ3v) is 3.54. The number of carboxylic acids is 1. The van der Waals surface area contributed by atoms with Crippen LogP contribution >= 0.6 is 11.3 Å². The van der Waals surface area contributed by atoms with E-state index in [2.05, 4.69) is 5.32 Å². The summed E-state index contributed by atoms with van der Waals surface area (Å²) in [5.74, 6) is -2.55. The van der Waals surface area contributed by atoms with Gasteiger partial charge in [-0.1, -0.05) is 0 Å². The Kier molecular flexibility index (Phi) is 3.62. The summed E-state index contributed by atoms with van der Waals surface area (Å²) in [5, 5.41) is 13.1. The van der Waals surface area contributed by atoms with Gasteiger partial charge in [0.25, 0.3) is 5.91 Å². The summed E-state index contributed by atoms with van der Waals surface area (Å²) >= 11 is 1.29. The maximum Gasteiger partial charge on any atom is 0.338 e. The predicted octanol–water partition coefficient (Wildman–Crippen LogP) is 3.15. The molecule has 0 saturated heterocycles. The molecule has 19 heavy (non-hydrogen) atoms. The van der Waals surface area contributed by atoms with Gasteiger partial charge < -0.3 is 10.4 Å². The number of nitrogens with one attached hydrogen (secondary N) is 1. The average Bonchev–Trinajstić information content (AvgIpc) is 2.77. The van der Waals surface area contributed by atoms with E-state index in [0.717, 1.165) is 17.7 Å². The molecule has 0 aliphatic heterocycles. The molecule has 0 bridgehead atoms. The van der Waals surface area contributed by atoms with Crippen LogP contribution in [0.15, 0.2) is 29.6 Å². The van der Waals surface area contributed by atoms with Crippen molar-refractivity contribution in [2.75, 3.05) is 5.32 Å². The first kappa shape index (κ1) is 13.2. The van der Waals surface area contributed by atoms with Gasteiger partial charge in [-0.3, -0.25) is 4.79 Å². The van der Waals surface area contributed by atoms with Gasteiger partial charge in [0.05, 0.1) is 10.4 Å². The topological polar surface area (TPSA) is 66.4 Å². The molecule has 1 aromatic carbocycles. The van der Waals surface area contributed by atoms with Crippen molar-refractivity contribution in [2.24, 2.45) is 0 Å².